The summed E-state index contributed by atoms with van der Waals surface area (Å²) in [6, 6.07) is 16.4. The van der Waals surface area contributed by atoms with Crippen molar-refractivity contribution in [1.29, 1.82) is 0 Å². The average molecular weight is 338 g/mol. The van der Waals surface area contributed by atoms with Crippen LogP contribution in [0.4, 0.5) is 0 Å². The van der Waals surface area contributed by atoms with E-state index in [0.29, 0.717) is 6.61 Å². The van der Waals surface area contributed by atoms with Crippen LogP contribution in [0.5, 0.6) is 0 Å². The van der Waals surface area contributed by atoms with Gasteiger partial charge in [0.05, 0.1) is 0 Å². The summed E-state index contributed by atoms with van der Waals surface area (Å²) >= 11 is 0. The fraction of sp³-hybridized carbons (Fsp3) is 0.478. The molecule has 0 heterocycles. The van der Waals surface area contributed by atoms with E-state index in [1.165, 1.54) is 44.1 Å². The number of hydrogen-bond donors (Lipinski definition) is 1. The molecule has 0 aliphatic heterocycles. The van der Waals surface area contributed by atoms with Gasteiger partial charge in [-0.05, 0) is 28.7 Å². The Bertz CT molecular complexity index is 665. The second-order valence-corrected chi connectivity index (χ2v) is 7.03. The summed E-state index contributed by atoms with van der Waals surface area (Å²) < 4.78 is 6.16. The van der Waals surface area contributed by atoms with Gasteiger partial charge in [-0.15, -0.1) is 0 Å². The van der Waals surface area contributed by atoms with Crippen LogP contribution in [0, 0.1) is 0 Å². The summed E-state index contributed by atoms with van der Waals surface area (Å²) in [6.45, 7) is 2.96. The van der Waals surface area contributed by atoms with Crippen molar-refractivity contribution in [3.63, 3.8) is 0 Å². The number of aliphatic hydroxyl groups is 1. The maximum absolute atomic E-state index is 10.8. The molecule has 0 amide bonds. The first-order valence-corrected chi connectivity index (χ1v) is 9.81. The van der Waals surface area contributed by atoms with E-state index in [1.807, 2.05) is 24.3 Å². The van der Waals surface area contributed by atoms with Gasteiger partial charge in [0.1, 0.15) is 12.2 Å². The first-order valence-electron chi connectivity index (χ1n) is 9.81. The van der Waals surface area contributed by atoms with Crippen molar-refractivity contribution in [2.24, 2.45) is 0 Å². The number of aliphatic hydroxyl groups excluding tert-OH is 1. The maximum Gasteiger partial charge on any atom is 0.113 e. The highest BCUT2D eigenvalue weighted by Crippen LogP contribution is 2.45. The number of unbranched alkanes of at least 4 members (excludes halogenated alkanes) is 6. The highest BCUT2D eigenvalue weighted by atomic mass is 16.5. The van der Waals surface area contributed by atoms with E-state index >= 15 is 0 Å². The van der Waals surface area contributed by atoms with Gasteiger partial charge in [0.2, 0.25) is 0 Å². The van der Waals surface area contributed by atoms with Crippen molar-refractivity contribution < 1.29 is 9.84 Å². The number of fused-ring (bicyclic) bond motifs is 3. The normalized spacial score (nSPS) is 18.6. The van der Waals surface area contributed by atoms with E-state index in [0.717, 1.165) is 23.1 Å². The lowest BCUT2D eigenvalue weighted by Gasteiger charge is -2.32. The smallest absolute Gasteiger partial charge is 0.113 e. The van der Waals surface area contributed by atoms with Gasteiger partial charge in [0.15, 0.2) is 0 Å². The molecule has 0 fully saturated rings. The highest BCUT2D eigenvalue weighted by molar-refractivity contribution is 5.74. The summed E-state index contributed by atoms with van der Waals surface area (Å²) in [4.78, 5) is 0. The zero-order chi connectivity index (χ0) is 17.5. The molecule has 1 aliphatic rings. The van der Waals surface area contributed by atoms with Gasteiger partial charge >= 0.3 is 0 Å². The van der Waals surface area contributed by atoms with Crippen molar-refractivity contribution in [3.05, 3.63) is 59.7 Å². The molecule has 2 aromatic rings. The molecule has 25 heavy (non-hydrogen) atoms. The Morgan fingerprint density at radius 1 is 0.760 bits per heavy atom. The molecule has 2 heteroatoms. The van der Waals surface area contributed by atoms with Gasteiger partial charge in [-0.2, -0.15) is 0 Å². The monoisotopic (exact) mass is 338 g/mol. The Kier molecular flexibility index (Phi) is 6.66. The number of ether oxygens (including phenoxy) is 1. The number of benzene rings is 2. The van der Waals surface area contributed by atoms with Crippen LogP contribution in [-0.2, 0) is 4.74 Å². The van der Waals surface area contributed by atoms with Gasteiger partial charge in [0.25, 0.3) is 0 Å². The summed E-state index contributed by atoms with van der Waals surface area (Å²) in [5.41, 5.74) is 4.40. The third-order valence-corrected chi connectivity index (χ3v) is 5.17. The van der Waals surface area contributed by atoms with Gasteiger partial charge in [-0.25, -0.2) is 0 Å². The summed E-state index contributed by atoms with van der Waals surface area (Å²) in [7, 11) is 0. The molecule has 0 spiro atoms. The second kappa shape index (κ2) is 9.17. The van der Waals surface area contributed by atoms with Crippen LogP contribution in [0.1, 0.15) is 75.2 Å². The fourth-order valence-electron chi connectivity index (χ4n) is 3.77. The minimum atomic E-state index is -0.587. The van der Waals surface area contributed by atoms with E-state index in [2.05, 4.69) is 31.2 Å². The number of rotatable bonds is 9. The topological polar surface area (TPSA) is 29.5 Å². The van der Waals surface area contributed by atoms with Crippen molar-refractivity contribution >= 4 is 0 Å². The predicted octanol–water partition coefficient (Wildman–Crippen LogP) is 6.21. The van der Waals surface area contributed by atoms with Crippen LogP contribution in [0.25, 0.3) is 11.1 Å². The Morgan fingerprint density at radius 2 is 1.32 bits per heavy atom. The van der Waals surface area contributed by atoms with E-state index < -0.39 is 6.10 Å². The standard InChI is InChI=1S/C23H30O2/c1-2-3-4-5-6-7-12-17-25-23-21-16-11-9-14-19(21)18-13-8-10-15-20(18)22(23)24/h8-11,13-16,22-24H,2-7,12,17H2,1H3. The molecule has 1 N–H and O–H groups in total. The third kappa shape index (κ3) is 4.31. The average Bonchev–Trinajstić information content (AvgIpc) is 2.66. The molecule has 2 atom stereocenters. The minimum absolute atomic E-state index is 0.258. The molecule has 134 valence electrons. The van der Waals surface area contributed by atoms with Crippen LogP contribution >= 0.6 is 0 Å². The van der Waals surface area contributed by atoms with Gasteiger partial charge in [-0.3, -0.25) is 0 Å². The fourth-order valence-corrected chi connectivity index (χ4v) is 3.77. The zero-order valence-corrected chi connectivity index (χ0v) is 15.3. The van der Waals surface area contributed by atoms with Crippen molar-refractivity contribution in [2.45, 2.75) is 64.1 Å². The summed E-state index contributed by atoms with van der Waals surface area (Å²) in [5.74, 6) is 0. The first kappa shape index (κ1) is 18.2. The molecule has 0 aromatic heterocycles. The van der Waals surface area contributed by atoms with Crippen LogP contribution < -0.4 is 0 Å². The SMILES string of the molecule is CCCCCCCCCOC1c2ccccc2-c2ccccc2C1O. The predicted molar refractivity (Wildman–Crippen MR) is 104 cm³/mol. The molecule has 2 aromatic carbocycles. The molecule has 0 radical (unpaired) electrons. The van der Waals surface area contributed by atoms with Crippen molar-refractivity contribution in [1.82, 2.24) is 0 Å². The first-order chi connectivity index (χ1) is 12.3. The lowest BCUT2D eigenvalue weighted by atomic mass is 9.82. The second-order valence-electron chi connectivity index (χ2n) is 7.03. The summed E-state index contributed by atoms with van der Waals surface area (Å²) in [6.07, 6.45) is 8.05. The third-order valence-electron chi connectivity index (χ3n) is 5.17. The van der Waals surface area contributed by atoms with Crippen LogP contribution in [0.15, 0.2) is 48.5 Å². The van der Waals surface area contributed by atoms with E-state index in [-0.39, 0.29) is 6.10 Å². The maximum atomic E-state index is 10.8. The minimum Gasteiger partial charge on any atom is -0.385 e. The van der Waals surface area contributed by atoms with Crippen LogP contribution in [-0.4, -0.2) is 11.7 Å². The van der Waals surface area contributed by atoms with Crippen molar-refractivity contribution in [3.8, 4) is 11.1 Å². The largest absolute Gasteiger partial charge is 0.385 e. The van der Waals surface area contributed by atoms with E-state index in [1.54, 1.807) is 0 Å². The molecule has 2 nitrogen and oxygen atoms in total. The Hall–Kier alpha value is -1.64. The Balaban J connectivity index is 1.59. The van der Waals surface area contributed by atoms with Gasteiger partial charge in [0, 0.05) is 6.61 Å². The molecule has 0 saturated heterocycles. The Morgan fingerprint density at radius 3 is 2.04 bits per heavy atom. The summed E-state index contributed by atoms with van der Waals surface area (Å²) in [5, 5.41) is 10.8. The van der Waals surface area contributed by atoms with Gasteiger partial charge in [-0.1, -0.05) is 94.0 Å². The molecule has 0 saturated carbocycles. The van der Waals surface area contributed by atoms with Crippen molar-refractivity contribution in [2.75, 3.05) is 6.61 Å². The molecule has 2 unspecified atom stereocenters. The van der Waals surface area contributed by atoms with Crippen LogP contribution in [0.2, 0.25) is 0 Å². The van der Waals surface area contributed by atoms with E-state index in [9.17, 15) is 5.11 Å². The van der Waals surface area contributed by atoms with Gasteiger partial charge < -0.3 is 9.84 Å². The lowest BCUT2D eigenvalue weighted by Crippen LogP contribution is -2.20. The number of hydrogen-bond acceptors (Lipinski definition) is 2. The quantitative estimate of drug-likeness (QED) is 0.551. The zero-order valence-electron chi connectivity index (χ0n) is 15.3. The molecular weight excluding hydrogens is 308 g/mol. The van der Waals surface area contributed by atoms with E-state index in [4.69, 9.17) is 4.74 Å². The Labute approximate surface area is 151 Å². The van der Waals surface area contributed by atoms with Crippen LogP contribution in [0.3, 0.4) is 0 Å². The molecule has 0 bridgehead atoms. The molecule has 1 aliphatic carbocycles. The molecular formula is C23H30O2. The molecule has 3 rings (SSSR count). The highest BCUT2D eigenvalue weighted by Gasteiger charge is 2.32. The lowest BCUT2D eigenvalue weighted by molar-refractivity contribution is -0.0434.